The maximum atomic E-state index is 14.9. The Bertz CT molecular complexity index is 1310. The van der Waals surface area contributed by atoms with E-state index in [1.807, 2.05) is 0 Å². The second kappa shape index (κ2) is 13.5. The van der Waals surface area contributed by atoms with Gasteiger partial charge in [0.2, 0.25) is 0 Å². The van der Waals surface area contributed by atoms with Crippen LogP contribution in [0.1, 0.15) is 46.4 Å². The van der Waals surface area contributed by atoms with Crippen molar-refractivity contribution in [1.82, 2.24) is 19.9 Å². The number of nitrogens with zero attached hydrogens (tertiary/aromatic N) is 5. The molecule has 0 saturated carbocycles. The summed E-state index contributed by atoms with van der Waals surface area (Å²) in [7, 11) is -3.10. The molecular formula is C27H38FN5O4S. The zero-order valence-electron chi connectivity index (χ0n) is 20.5. The molecule has 0 unspecified atom stereocenters. The number of carbonyl (C=O) groups is 1. The van der Waals surface area contributed by atoms with Crippen LogP contribution in [0.2, 0.25) is 0 Å². The fourth-order valence-corrected chi connectivity index (χ4v) is 5.32. The van der Waals surface area contributed by atoms with Gasteiger partial charge < -0.3 is 4.74 Å². The van der Waals surface area contributed by atoms with E-state index in [9.17, 15) is 17.6 Å². The monoisotopic (exact) mass is 547 g/mol. The summed E-state index contributed by atoms with van der Waals surface area (Å²) in [5.41, 5.74) is 2.14. The van der Waals surface area contributed by atoms with Crippen molar-refractivity contribution in [3.8, 4) is 11.8 Å². The highest BCUT2D eigenvalue weighted by atomic mass is 32.2. The summed E-state index contributed by atoms with van der Waals surface area (Å²) in [6, 6.07) is 4.52. The molecule has 1 aromatic heterocycles. The van der Waals surface area contributed by atoms with E-state index in [0.29, 0.717) is 29.8 Å². The van der Waals surface area contributed by atoms with Crippen LogP contribution in [0.25, 0.3) is 5.57 Å². The second-order valence-corrected chi connectivity index (χ2v) is 11.0. The van der Waals surface area contributed by atoms with Crippen LogP contribution < -0.4 is 4.90 Å². The fourth-order valence-electron chi connectivity index (χ4n) is 4.17. The van der Waals surface area contributed by atoms with Crippen molar-refractivity contribution in [2.45, 2.75) is 54.2 Å². The van der Waals surface area contributed by atoms with E-state index in [2.05, 4.69) is 40.9 Å². The number of halogens is 1. The molecule has 11 heteroatoms. The van der Waals surface area contributed by atoms with Crippen molar-refractivity contribution in [1.29, 1.82) is 0 Å². The van der Waals surface area contributed by atoms with Crippen LogP contribution in [0.15, 0.2) is 30.5 Å². The summed E-state index contributed by atoms with van der Waals surface area (Å²) >= 11 is 0. The lowest BCUT2D eigenvalue weighted by molar-refractivity contribution is 0.129. The van der Waals surface area contributed by atoms with E-state index in [0.717, 1.165) is 25.3 Å². The minimum absolute atomic E-state index is 0. The molecule has 1 saturated heterocycles. The molecule has 4 rings (SSSR count). The largest absolute Gasteiger partial charge is 0.442 e. The normalized spacial score (nSPS) is 18.1. The molecule has 2 aromatic rings. The standard InChI is InChI=1S/C25H30FN5O4S.2CH4/c1-3-29(4-2)12-6-5-7-20-16-30(28-27-20)17-22-18-31(25(32)35-22)21-8-9-23(24(26)15-21)19-10-13-36(33,34)14-11-19;;/h8-10,15-16,22H,3-4,7,11-14,17-18H2,1-2H3;2*1H4/t22-;;/m0../s1. The number of cyclic esters (lactones) is 1. The first-order valence-electron chi connectivity index (χ1n) is 12.0. The van der Waals surface area contributed by atoms with Gasteiger partial charge in [0, 0.05) is 11.8 Å². The van der Waals surface area contributed by atoms with Gasteiger partial charge in [-0.2, -0.15) is 0 Å². The molecule has 2 aliphatic heterocycles. The maximum Gasteiger partial charge on any atom is 0.414 e. The van der Waals surface area contributed by atoms with Crippen LogP contribution in [0, 0.1) is 17.7 Å². The van der Waals surface area contributed by atoms with E-state index in [-0.39, 0.29) is 39.3 Å². The highest BCUT2D eigenvalue weighted by molar-refractivity contribution is 7.91. The van der Waals surface area contributed by atoms with Gasteiger partial charge in [-0.25, -0.2) is 22.3 Å². The predicted molar refractivity (Wildman–Crippen MR) is 148 cm³/mol. The van der Waals surface area contributed by atoms with Gasteiger partial charge >= 0.3 is 6.09 Å². The average molecular weight is 548 g/mol. The van der Waals surface area contributed by atoms with Crippen molar-refractivity contribution < 1.29 is 22.3 Å². The smallest absolute Gasteiger partial charge is 0.414 e. The molecular weight excluding hydrogens is 509 g/mol. The van der Waals surface area contributed by atoms with Crippen LogP contribution in [0.3, 0.4) is 0 Å². The Balaban J connectivity index is 0.00000253. The van der Waals surface area contributed by atoms with Crippen LogP contribution in [0.5, 0.6) is 0 Å². The average Bonchev–Trinajstić information content (AvgIpc) is 3.45. The molecule has 1 atom stereocenters. The zero-order chi connectivity index (χ0) is 25.7. The summed E-state index contributed by atoms with van der Waals surface area (Å²) < 4.78 is 45.2. The Morgan fingerprint density at radius 1 is 1.21 bits per heavy atom. The molecule has 2 aliphatic rings. The molecule has 0 spiro atoms. The Kier molecular flexibility index (Phi) is 11.0. The van der Waals surface area contributed by atoms with Crippen molar-refractivity contribution in [2.75, 3.05) is 42.6 Å². The van der Waals surface area contributed by atoms with Crippen molar-refractivity contribution in [3.63, 3.8) is 0 Å². The molecule has 208 valence electrons. The third kappa shape index (κ3) is 7.65. The predicted octanol–water partition coefficient (Wildman–Crippen LogP) is 3.80. The van der Waals surface area contributed by atoms with Gasteiger partial charge in [0.1, 0.15) is 11.9 Å². The first-order chi connectivity index (χ1) is 17.3. The van der Waals surface area contributed by atoms with E-state index in [4.69, 9.17) is 4.74 Å². The number of hydrogen-bond donors (Lipinski definition) is 0. The summed E-state index contributed by atoms with van der Waals surface area (Å²) in [5, 5.41) is 8.24. The van der Waals surface area contributed by atoms with Crippen LogP contribution in [-0.2, 0) is 27.5 Å². The molecule has 0 aliphatic carbocycles. The lowest BCUT2D eigenvalue weighted by Gasteiger charge is -2.17. The first kappa shape index (κ1) is 31.0. The summed E-state index contributed by atoms with van der Waals surface area (Å²) in [5.74, 6) is 5.67. The number of amides is 1. The number of anilines is 1. The SMILES string of the molecule is C.C.CCN(CC)CC#CCc1cn(C[C@H]2CN(c3ccc(C4=CCS(=O)(=O)CC4)c(F)c3)C(=O)O2)nn1. The van der Waals surface area contributed by atoms with Gasteiger partial charge in [0.15, 0.2) is 9.84 Å². The number of benzene rings is 1. The molecule has 0 N–H and O–H groups in total. The van der Waals surface area contributed by atoms with Gasteiger partial charge in [-0.1, -0.05) is 51.8 Å². The third-order valence-electron chi connectivity index (χ3n) is 6.32. The van der Waals surface area contributed by atoms with E-state index >= 15 is 0 Å². The van der Waals surface area contributed by atoms with E-state index in [1.54, 1.807) is 29.1 Å². The van der Waals surface area contributed by atoms with Crippen LogP contribution in [0.4, 0.5) is 14.9 Å². The number of hydrogen-bond acceptors (Lipinski definition) is 7. The number of aromatic nitrogens is 3. The summed E-state index contributed by atoms with van der Waals surface area (Å²) in [4.78, 5) is 16.1. The van der Waals surface area contributed by atoms with Crippen LogP contribution >= 0.6 is 0 Å². The highest BCUT2D eigenvalue weighted by Crippen LogP contribution is 2.30. The van der Waals surface area contributed by atoms with Gasteiger partial charge in [-0.3, -0.25) is 9.80 Å². The third-order valence-corrected chi connectivity index (χ3v) is 7.82. The minimum atomic E-state index is -3.10. The molecule has 1 aromatic carbocycles. The number of rotatable bonds is 8. The fraction of sp³-hybridized carbons (Fsp3) is 0.519. The molecule has 38 heavy (non-hydrogen) atoms. The van der Waals surface area contributed by atoms with Crippen LogP contribution in [-0.4, -0.2) is 78.2 Å². The number of ether oxygens (including phenoxy) is 1. The van der Waals surface area contributed by atoms with Crippen molar-refractivity contribution >= 4 is 27.2 Å². The molecule has 0 radical (unpaired) electrons. The molecule has 1 fully saturated rings. The van der Waals surface area contributed by atoms with Gasteiger partial charge in [0.05, 0.1) is 48.9 Å². The quantitative estimate of drug-likeness (QED) is 0.464. The zero-order valence-corrected chi connectivity index (χ0v) is 21.3. The topological polar surface area (TPSA) is 97.6 Å². The van der Waals surface area contributed by atoms with Gasteiger partial charge in [-0.05, 0) is 43.3 Å². The lowest BCUT2D eigenvalue weighted by atomic mass is 10.0. The van der Waals surface area contributed by atoms with Crippen molar-refractivity contribution in [2.24, 2.45) is 0 Å². The minimum Gasteiger partial charge on any atom is -0.442 e. The van der Waals surface area contributed by atoms with Gasteiger partial charge in [-0.15, -0.1) is 5.10 Å². The Hall–Kier alpha value is -3.23. The second-order valence-electron chi connectivity index (χ2n) is 8.80. The summed E-state index contributed by atoms with van der Waals surface area (Å²) in [6.07, 6.45) is 3.09. The van der Waals surface area contributed by atoms with Gasteiger partial charge in [0.25, 0.3) is 0 Å². The molecule has 0 bridgehead atoms. The Labute approximate surface area is 225 Å². The lowest BCUT2D eigenvalue weighted by Crippen LogP contribution is -2.26. The Morgan fingerprint density at radius 2 is 1.97 bits per heavy atom. The molecule has 9 nitrogen and oxygen atoms in total. The maximum absolute atomic E-state index is 14.9. The number of carbonyl (C=O) groups excluding carboxylic acids is 1. The van der Waals surface area contributed by atoms with E-state index in [1.165, 1.54) is 11.0 Å². The number of allylic oxidation sites excluding steroid dienone is 1. The molecule has 3 heterocycles. The Morgan fingerprint density at radius 3 is 2.63 bits per heavy atom. The highest BCUT2D eigenvalue weighted by Gasteiger charge is 2.33. The first-order valence-corrected chi connectivity index (χ1v) is 13.8. The summed E-state index contributed by atoms with van der Waals surface area (Å²) in [6.45, 7) is 7.41. The van der Waals surface area contributed by atoms with Crippen molar-refractivity contribution in [3.05, 3.63) is 47.5 Å². The number of sulfone groups is 1. The van der Waals surface area contributed by atoms with E-state index < -0.39 is 27.9 Å². The molecule has 1 amide bonds.